The second-order valence-electron chi connectivity index (χ2n) is 6.79. The molecule has 0 spiro atoms. The van der Waals surface area contributed by atoms with E-state index in [0.717, 1.165) is 6.26 Å². The van der Waals surface area contributed by atoms with E-state index in [2.05, 4.69) is 4.98 Å². The van der Waals surface area contributed by atoms with Crippen molar-refractivity contribution in [1.82, 2.24) is 9.38 Å². The number of hydrogen-bond acceptors (Lipinski definition) is 4. The molecule has 0 aliphatic rings. The topological polar surface area (TPSA) is 68.5 Å². The first-order valence-electron chi connectivity index (χ1n) is 8.84. The fourth-order valence-corrected chi connectivity index (χ4v) is 3.97. The number of benzene rings is 2. The van der Waals surface area contributed by atoms with Crippen LogP contribution in [0.15, 0.2) is 71.8 Å². The largest absolute Gasteiger partial charge is 0.298 e. The van der Waals surface area contributed by atoms with Crippen molar-refractivity contribution in [2.24, 2.45) is 0 Å². The lowest BCUT2D eigenvalue weighted by Gasteiger charge is -2.07. The minimum Gasteiger partial charge on any atom is -0.298 e. The number of imidazole rings is 1. The molecule has 0 atom stereocenters. The lowest BCUT2D eigenvalue weighted by molar-refractivity contribution is 0.101. The van der Waals surface area contributed by atoms with Gasteiger partial charge in [-0.15, -0.1) is 0 Å². The van der Waals surface area contributed by atoms with Gasteiger partial charge in [-0.1, -0.05) is 12.1 Å². The molecule has 29 heavy (non-hydrogen) atoms. The molecule has 0 amide bonds. The highest BCUT2D eigenvalue weighted by molar-refractivity contribution is 7.90. The van der Waals surface area contributed by atoms with E-state index in [9.17, 15) is 17.6 Å². The maximum Gasteiger partial charge on any atom is 0.175 e. The van der Waals surface area contributed by atoms with Crippen molar-refractivity contribution in [3.05, 3.63) is 78.2 Å². The molecular weight excluding hydrogens is 391 g/mol. The van der Waals surface area contributed by atoms with Gasteiger partial charge in [-0.3, -0.25) is 9.20 Å². The van der Waals surface area contributed by atoms with Gasteiger partial charge in [-0.25, -0.2) is 17.8 Å². The molecular formula is C22H17FN2O3S. The van der Waals surface area contributed by atoms with Gasteiger partial charge in [0.05, 0.1) is 21.8 Å². The minimum absolute atomic E-state index is 0.136. The van der Waals surface area contributed by atoms with Crippen LogP contribution in [0.1, 0.15) is 17.3 Å². The molecule has 0 saturated heterocycles. The maximum absolute atomic E-state index is 13.5. The molecule has 4 aromatic rings. The van der Waals surface area contributed by atoms with Gasteiger partial charge in [0.15, 0.2) is 15.6 Å². The van der Waals surface area contributed by atoms with Crippen LogP contribution in [0.4, 0.5) is 4.39 Å². The molecule has 2 heterocycles. The van der Waals surface area contributed by atoms with Crippen LogP contribution in [0.25, 0.3) is 28.2 Å². The van der Waals surface area contributed by atoms with Gasteiger partial charge in [-0.05, 0) is 55.5 Å². The Morgan fingerprint density at radius 1 is 1.00 bits per heavy atom. The molecule has 146 valence electrons. The number of rotatable bonds is 4. The zero-order chi connectivity index (χ0) is 20.8. The summed E-state index contributed by atoms with van der Waals surface area (Å²) in [5.41, 5.74) is 3.34. The number of sulfone groups is 1. The number of carbonyl (C=O) groups excluding carboxylic acids is 1. The Morgan fingerprint density at radius 3 is 2.38 bits per heavy atom. The van der Waals surface area contributed by atoms with Crippen molar-refractivity contribution in [2.75, 3.05) is 6.26 Å². The third-order valence-corrected chi connectivity index (χ3v) is 5.79. The predicted octanol–water partition coefficient (Wildman–Crippen LogP) is 4.41. The summed E-state index contributed by atoms with van der Waals surface area (Å²) < 4.78 is 39.3. The van der Waals surface area contributed by atoms with E-state index in [1.54, 1.807) is 53.1 Å². The first-order chi connectivity index (χ1) is 13.8. The average Bonchev–Trinajstić information content (AvgIpc) is 3.07. The molecule has 2 aromatic carbocycles. The summed E-state index contributed by atoms with van der Waals surface area (Å²) in [6, 6.07) is 15.9. The zero-order valence-electron chi connectivity index (χ0n) is 15.8. The quantitative estimate of drug-likeness (QED) is 0.469. The predicted molar refractivity (Wildman–Crippen MR) is 109 cm³/mol. The summed E-state index contributed by atoms with van der Waals surface area (Å²) in [6.45, 7) is 1.46. The lowest BCUT2D eigenvalue weighted by atomic mass is 10.0. The SMILES string of the molecule is CC(=O)c1cccn2c(-c3ccc(F)cc3)c(-c3cccc(S(C)(=O)=O)c3)nc12. The number of Topliss-reactive ketones (excluding diaryl/α,β-unsaturated/α-hetero) is 1. The van der Waals surface area contributed by atoms with Crippen LogP contribution in [0.5, 0.6) is 0 Å². The molecule has 7 heteroatoms. The molecule has 2 aromatic heterocycles. The van der Waals surface area contributed by atoms with E-state index in [-0.39, 0.29) is 16.5 Å². The van der Waals surface area contributed by atoms with E-state index in [4.69, 9.17) is 0 Å². The summed E-state index contributed by atoms with van der Waals surface area (Å²) in [6.07, 6.45) is 2.92. The van der Waals surface area contributed by atoms with Crippen LogP contribution < -0.4 is 0 Å². The Hall–Kier alpha value is -3.32. The Bertz CT molecular complexity index is 1360. The zero-order valence-corrected chi connectivity index (χ0v) is 16.6. The highest BCUT2D eigenvalue weighted by atomic mass is 32.2. The summed E-state index contributed by atoms with van der Waals surface area (Å²) >= 11 is 0. The van der Waals surface area contributed by atoms with Gasteiger partial charge in [-0.2, -0.15) is 0 Å². The van der Waals surface area contributed by atoms with E-state index >= 15 is 0 Å². The van der Waals surface area contributed by atoms with Crippen LogP contribution in [0.3, 0.4) is 0 Å². The number of ketones is 1. The van der Waals surface area contributed by atoms with E-state index < -0.39 is 9.84 Å². The average molecular weight is 408 g/mol. The molecule has 0 unspecified atom stereocenters. The van der Waals surface area contributed by atoms with E-state index in [1.807, 2.05) is 0 Å². The molecule has 4 rings (SSSR count). The van der Waals surface area contributed by atoms with Crippen molar-refractivity contribution < 1.29 is 17.6 Å². The van der Waals surface area contributed by atoms with Crippen LogP contribution >= 0.6 is 0 Å². The Kier molecular flexibility index (Phi) is 4.55. The molecule has 0 N–H and O–H groups in total. The van der Waals surface area contributed by atoms with Crippen molar-refractivity contribution in [1.29, 1.82) is 0 Å². The van der Waals surface area contributed by atoms with Crippen molar-refractivity contribution in [3.63, 3.8) is 0 Å². The van der Waals surface area contributed by atoms with Crippen LogP contribution in [-0.4, -0.2) is 29.8 Å². The number of aromatic nitrogens is 2. The smallest absolute Gasteiger partial charge is 0.175 e. The molecule has 0 radical (unpaired) electrons. The molecule has 0 saturated carbocycles. The number of hydrogen-bond donors (Lipinski definition) is 0. The van der Waals surface area contributed by atoms with Crippen molar-refractivity contribution in [2.45, 2.75) is 11.8 Å². The standard InChI is InChI=1S/C22H17FN2O3S/c1-14(26)19-7-4-12-25-21(15-8-10-17(23)11-9-15)20(24-22(19)25)16-5-3-6-18(13-16)29(2,27)28/h3-13H,1-2H3. The van der Waals surface area contributed by atoms with Gasteiger partial charge in [0.25, 0.3) is 0 Å². The third-order valence-electron chi connectivity index (χ3n) is 4.68. The number of halogens is 1. The second kappa shape index (κ2) is 6.93. The summed E-state index contributed by atoms with van der Waals surface area (Å²) in [5.74, 6) is -0.504. The normalized spacial score (nSPS) is 11.7. The summed E-state index contributed by atoms with van der Waals surface area (Å²) in [7, 11) is -3.41. The maximum atomic E-state index is 13.5. The van der Waals surface area contributed by atoms with Crippen LogP contribution in [-0.2, 0) is 9.84 Å². The summed E-state index contributed by atoms with van der Waals surface area (Å²) in [5, 5.41) is 0. The molecule has 5 nitrogen and oxygen atoms in total. The Morgan fingerprint density at radius 2 is 1.72 bits per heavy atom. The number of fused-ring (bicyclic) bond motifs is 1. The number of nitrogens with zero attached hydrogens (tertiary/aromatic N) is 2. The monoisotopic (exact) mass is 408 g/mol. The highest BCUT2D eigenvalue weighted by Gasteiger charge is 2.20. The second-order valence-corrected chi connectivity index (χ2v) is 8.80. The van der Waals surface area contributed by atoms with E-state index in [1.165, 1.54) is 25.1 Å². The molecule has 0 bridgehead atoms. The van der Waals surface area contributed by atoms with Gasteiger partial charge in [0.2, 0.25) is 0 Å². The number of carbonyl (C=O) groups is 1. The first-order valence-corrected chi connectivity index (χ1v) is 10.7. The molecule has 0 aliphatic heterocycles. The molecule has 0 aliphatic carbocycles. The number of pyridine rings is 1. The van der Waals surface area contributed by atoms with Gasteiger partial charge < -0.3 is 0 Å². The Labute approximate surface area is 167 Å². The third kappa shape index (κ3) is 3.45. The minimum atomic E-state index is -3.41. The first kappa shape index (κ1) is 19.0. The van der Waals surface area contributed by atoms with Gasteiger partial charge in [0, 0.05) is 23.6 Å². The fraction of sp³-hybridized carbons (Fsp3) is 0.0909. The summed E-state index contributed by atoms with van der Waals surface area (Å²) in [4.78, 5) is 17.0. The highest BCUT2D eigenvalue weighted by Crippen LogP contribution is 2.34. The van der Waals surface area contributed by atoms with Crippen LogP contribution in [0, 0.1) is 5.82 Å². The van der Waals surface area contributed by atoms with Crippen molar-refractivity contribution in [3.8, 4) is 22.5 Å². The van der Waals surface area contributed by atoms with Crippen LogP contribution in [0.2, 0.25) is 0 Å². The Balaban J connectivity index is 2.08. The molecule has 0 fully saturated rings. The van der Waals surface area contributed by atoms with E-state index in [0.29, 0.717) is 33.7 Å². The van der Waals surface area contributed by atoms with Gasteiger partial charge >= 0.3 is 0 Å². The van der Waals surface area contributed by atoms with Crippen molar-refractivity contribution >= 4 is 21.3 Å². The fourth-order valence-electron chi connectivity index (χ4n) is 3.30. The lowest BCUT2D eigenvalue weighted by Crippen LogP contribution is -1.98. The van der Waals surface area contributed by atoms with Gasteiger partial charge in [0.1, 0.15) is 11.5 Å².